The van der Waals surface area contributed by atoms with Gasteiger partial charge in [0.25, 0.3) is 10.0 Å². The third kappa shape index (κ3) is 4.24. The Bertz CT molecular complexity index is 1210. The molecule has 1 atom stereocenters. The molecule has 0 bridgehead atoms. The second-order valence-corrected chi connectivity index (χ2v) is 9.25. The number of benzene rings is 3. The first kappa shape index (κ1) is 21.2. The van der Waals surface area contributed by atoms with Gasteiger partial charge in [-0.15, -0.1) is 0 Å². The first-order chi connectivity index (χ1) is 14.9. The van der Waals surface area contributed by atoms with E-state index in [1.165, 1.54) is 4.41 Å². The number of sulfonamides is 1. The molecule has 0 amide bonds. The van der Waals surface area contributed by atoms with E-state index >= 15 is 0 Å². The Hall–Kier alpha value is -3.03. The molecule has 1 heterocycles. The second-order valence-electron chi connectivity index (χ2n) is 7.01. The molecule has 0 aromatic heterocycles. The quantitative estimate of drug-likeness (QED) is 0.529. The number of hydrogen-bond acceptors (Lipinski definition) is 5. The predicted octanol–water partition coefficient (Wildman–Crippen LogP) is 4.90. The minimum atomic E-state index is -3.88. The third-order valence-electron chi connectivity index (χ3n) is 5.08. The predicted molar refractivity (Wildman–Crippen MR) is 120 cm³/mol. The molecule has 3 aromatic carbocycles. The van der Waals surface area contributed by atoms with E-state index in [9.17, 15) is 8.42 Å². The lowest BCUT2D eigenvalue weighted by molar-refractivity contribution is 0.371. The first-order valence-corrected chi connectivity index (χ1v) is 11.4. The van der Waals surface area contributed by atoms with Crippen LogP contribution in [0.1, 0.15) is 23.6 Å². The van der Waals surface area contributed by atoms with E-state index in [1.807, 2.05) is 18.2 Å². The van der Waals surface area contributed by atoms with Crippen LogP contribution in [0.5, 0.6) is 11.5 Å². The molecule has 0 saturated heterocycles. The lowest BCUT2D eigenvalue weighted by atomic mass is 9.99. The molecule has 4 rings (SSSR count). The summed E-state index contributed by atoms with van der Waals surface area (Å²) in [5.74, 6) is 1.20. The largest absolute Gasteiger partial charge is 0.497 e. The lowest BCUT2D eigenvalue weighted by Gasteiger charge is -2.23. The SMILES string of the molecule is COc1cc(OC)cc(C2=NN(S(=O)(=O)c3ccccc3)C(c3cccc(Cl)c3)C2)c1. The zero-order valence-corrected chi connectivity index (χ0v) is 18.6. The van der Waals surface area contributed by atoms with E-state index in [0.717, 1.165) is 11.1 Å². The molecule has 0 aliphatic carbocycles. The highest BCUT2D eigenvalue weighted by molar-refractivity contribution is 7.89. The summed E-state index contributed by atoms with van der Waals surface area (Å²) < 4.78 is 38.8. The van der Waals surface area contributed by atoms with Crippen LogP contribution in [0, 0.1) is 0 Å². The maximum absolute atomic E-state index is 13.5. The van der Waals surface area contributed by atoms with Gasteiger partial charge in [-0.2, -0.15) is 17.9 Å². The van der Waals surface area contributed by atoms with E-state index in [-0.39, 0.29) is 4.90 Å². The number of methoxy groups -OCH3 is 2. The summed E-state index contributed by atoms with van der Waals surface area (Å²) in [4.78, 5) is 0.176. The Balaban J connectivity index is 1.83. The van der Waals surface area contributed by atoms with E-state index < -0.39 is 16.1 Å². The number of halogens is 1. The van der Waals surface area contributed by atoms with E-state index in [0.29, 0.717) is 28.7 Å². The number of hydrogen-bond donors (Lipinski definition) is 0. The fourth-order valence-electron chi connectivity index (χ4n) is 3.52. The van der Waals surface area contributed by atoms with Gasteiger partial charge in [0.1, 0.15) is 11.5 Å². The Morgan fingerprint density at radius 3 is 2.23 bits per heavy atom. The minimum Gasteiger partial charge on any atom is -0.497 e. The van der Waals surface area contributed by atoms with Gasteiger partial charge in [0.2, 0.25) is 0 Å². The summed E-state index contributed by atoms with van der Waals surface area (Å²) in [7, 11) is -0.750. The molecular formula is C23H21ClN2O4S. The van der Waals surface area contributed by atoms with Crippen LogP contribution >= 0.6 is 11.6 Å². The first-order valence-electron chi connectivity index (χ1n) is 9.58. The van der Waals surface area contributed by atoms with Gasteiger partial charge >= 0.3 is 0 Å². The van der Waals surface area contributed by atoms with E-state index in [4.69, 9.17) is 21.1 Å². The smallest absolute Gasteiger partial charge is 0.279 e. The lowest BCUT2D eigenvalue weighted by Crippen LogP contribution is -2.27. The van der Waals surface area contributed by atoms with Crippen LogP contribution in [0.2, 0.25) is 5.02 Å². The molecule has 160 valence electrons. The Morgan fingerprint density at radius 1 is 0.935 bits per heavy atom. The zero-order chi connectivity index (χ0) is 22.0. The summed E-state index contributed by atoms with van der Waals surface area (Å²) in [5, 5.41) is 5.09. The molecule has 1 aliphatic rings. The average molecular weight is 457 g/mol. The number of ether oxygens (including phenoxy) is 2. The van der Waals surface area contributed by atoms with Gasteiger partial charge < -0.3 is 9.47 Å². The maximum atomic E-state index is 13.5. The van der Waals surface area contributed by atoms with Crippen molar-refractivity contribution in [1.29, 1.82) is 0 Å². The van der Waals surface area contributed by atoms with E-state index in [1.54, 1.807) is 68.8 Å². The molecular weight excluding hydrogens is 436 g/mol. The van der Waals surface area contributed by atoms with Crippen molar-refractivity contribution in [2.24, 2.45) is 5.10 Å². The molecule has 0 fully saturated rings. The van der Waals surface area contributed by atoms with Gasteiger partial charge in [0, 0.05) is 23.1 Å². The molecule has 0 spiro atoms. The summed E-state index contributed by atoms with van der Waals surface area (Å²) >= 11 is 6.20. The summed E-state index contributed by atoms with van der Waals surface area (Å²) in [6, 6.07) is 20.3. The van der Waals surface area contributed by atoms with Crippen molar-refractivity contribution in [2.45, 2.75) is 17.4 Å². The minimum absolute atomic E-state index is 0.176. The van der Waals surface area contributed by atoms with Gasteiger partial charge in [-0.1, -0.05) is 41.9 Å². The van der Waals surface area contributed by atoms with E-state index in [2.05, 4.69) is 5.10 Å². The van der Waals surface area contributed by atoms with Crippen LogP contribution in [0.4, 0.5) is 0 Å². The van der Waals surface area contributed by atoms with Gasteiger partial charge in [0.15, 0.2) is 0 Å². The molecule has 1 aliphatic heterocycles. The van der Waals surface area contributed by atoms with Crippen LogP contribution in [0.25, 0.3) is 0 Å². The van der Waals surface area contributed by atoms with Crippen LogP contribution in [-0.2, 0) is 10.0 Å². The third-order valence-corrected chi connectivity index (χ3v) is 7.01. The van der Waals surface area contributed by atoms with Crippen molar-refractivity contribution in [2.75, 3.05) is 14.2 Å². The highest BCUT2D eigenvalue weighted by atomic mass is 35.5. The molecule has 0 radical (unpaired) electrons. The molecule has 6 nitrogen and oxygen atoms in total. The maximum Gasteiger partial charge on any atom is 0.279 e. The van der Waals surface area contributed by atoms with Gasteiger partial charge in [-0.25, -0.2) is 0 Å². The van der Waals surface area contributed by atoms with Gasteiger partial charge in [0.05, 0.1) is 30.9 Å². The number of rotatable bonds is 6. The van der Waals surface area contributed by atoms with Gasteiger partial charge in [-0.3, -0.25) is 0 Å². The molecule has 31 heavy (non-hydrogen) atoms. The number of hydrazone groups is 1. The van der Waals surface area contributed by atoms with Crippen LogP contribution in [-0.4, -0.2) is 32.8 Å². The van der Waals surface area contributed by atoms with Crippen LogP contribution < -0.4 is 9.47 Å². The summed E-state index contributed by atoms with van der Waals surface area (Å²) in [5.41, 5.74) is 2.11. The molecule has 8 heteroatoms. The van der Waals surface area contributed by atoms with Crippen molar-refractivity contribution in [3.63, 3.8) is 0 Å². The van der Waals surface area contributed by atoms with Crippen LogP contribution in [0.3, 0.4) is 0 Å². The van der Waals surface area contributed by atoms with Crippen molar-refractivity contribution in [1.82, 2.24) is 4.41 Å². The average Bonchev–Trinajstić information content (AvgIpc) is 3.26. The summed E-state index contributed by atoms with van der Waals surface area (Å²) in [6.45, 7) is 0. The molecule has 1 unspecified atom stereocenters. The Kier molecular flexibility index (Phi) is 5.89. The summed E-state index contributed by atoms with van der Waals surface area (Å²) in [6.07, 6.45) is 0.378. The standard InChI is InChI=1S/C23H21ClN2O4S/c1-29-19-12-17(13-20(14-19)30-2)22-15-23(16-7-6-8-18(24)11-16)26(25-22)31(27,28)21-9-4-3-5-10-21/h3-14,23H,15H2,1-2H3. The second kappa shape index (κ2) is 8.61. The van der Waals surface area contributed by atoms with Crippen molar-refractivity contribution in [3.8, 4) is 11.5 Å². The van der Waals surface area contributed by atoms with Crippen molar-refractivity contribution < 1.29 is 17.9 Å². The highest BCUT2D eigenvalue weighted by Crippen LogP contribution is 2.38. The normalized spacial score (nSPS) is 16.2. The highest BCUT2D eigenvalue weighted by Gasteiger charge is 2.38. The fraction of sp³-hybridized carbons (Fsp3) is 0.174. The van der Waals surface area contributed by atoms with Gasteiger partial charge in [-0.05, 0) is 42.0 Å². The Morgan fingerprint density at radius 2 is 1.61 bits per heavy atom. The van der Waals surface area contributed by atoms with Crippen LogP contribution in [0.15, 0.2) is 82.8 Å². The molecule has 0 N–H and O–H groups in total. The molecule has 0 saturated carbocycles. The topological polar surface area (TPSA) is 68.2 Å². The number of nitrogens with zero attached hydrogens (tertiary/aromatic N) is 2. The molecule has 3 aromatic rings. The van der Waals surface area contributed by atoms with Crippen molar-refractivity contribution >= 4 is 27.3 Å². The monoisotopic (exact) mass is 456 g/mol. The Labute approximate surface area is 186 Å². The zero-order valence-electron chi connectivity index (χ0n) is 17.0. The fourth-order valence-corrected chi connectivity index (χ4v) is 5.17. The van der Waals surface area contributed by atoms with Crippen molar-refractivity contribution in [3.05, 3.63) is 88.9 Å².